The van der Waals surface area contributed by atoms with Crippen molar-refractivity contribution in [1.29, 1.82) is 0 Å². The Morgan fingerprint density at radius 3 is 2.40 bits per heavy atom. The summed E-state index contributed by atoms with van der Waals surface area (Å²) in [6, 6.07) is 6.11. The molecule has 5 nitrogen and oxygen atoms in total. The normalized spacial score (nSPS) is 16.0. The van der Waals surface area contributed by atoms with Gasteiger partial charge in [-0.25, -0.2) is 4.39 Å². The second kappa shape index (κ2) is 10.4. The molecule has 2 amide bonds. The smallest absolute Gasteiger partial charge is 0.226 e. The summed E-state index contributed by atoms with van der Waals surface area (Å²) < 4.78 is 12.9. The number of amides is 2. The fourth-order valence-corrected chi connectivity index (χ4v) is 3.00. The summed E-state index contributed by atoms with van der Waals surface area (Å²) in [7, 11) is 1.83. The highest BCUT2D eigenvalue weighted by Crippen LogP contribution is 2.19. The summed E-state index contributed by atoms with van der Waals surface area (Å²) >= 11 is 0. The highest BCUT2D eigenvalue weighted by atomic mass is 35.5. The monoisotopic (exact) mass is 371 g/mol. The zero-order valence-electron chi connectivity index (χ0n) is 14.8. The van der Waals surface area contributed by atoms with E-state index in [2.05, 4.69) is 10.6 Å². The molecule has 1 atom stereocenters. The van der Waals surface area contributed by atoms with Crippen molar-refractivity contribution in [2.45, 2.75) is 26.3 Å². The van der Waals surface area contributed by atoms with Crippen LogP contribution in [-0.4, -0.2) is 43.4 Å². The van der Waals surface area contributed by atoms with Gasteiger partial charge in [-0.1, -0.05) is 19.1 Å². The summed E-state index contributed by atoms with van der Waals surface area (Å²) in [6.45, 7) is 4.23. The number of nitrogens with zero attached hydrogens (tertiary/aromatic N) is 1. The van der Waals surface area contributed by atoms with Crippen molar-refractivity contribution in [1.82, 2.24) is 15.5 Å². The number of nitrogens with one attached hydrogen (secondary N) is 2. The van der Waals surface area contributed by atoms with Crippen LogP contribution in [0.5, 0.6) is 0 Å². The zero-order valence-corrected chi connectivity index (χ0v) is 15.6. The van der Waals surface area contributed by atoms with Gasteiger partial charge in [0.25, 0.3) is 0 Å². The number of carbonyl (C=O) groups excluding carboxylic acids is 2. The molecule has 0 aromatic heterocycles. The van der Waals surface area contributed by atoms with Gasteiger partial charge in [0, 0.05) is 38.0 Å². The van der Waals surface area contributed by atoms with Crippen molar-refractivity contribution in [2.75, 3.05) is 26.7 Å². The molecule has 0 bridgehead atoms. The van der Waals surface area contributed by atoms with E-state index in [4.69, 9.17) is 0 Å². The minimum absolute atomic E-state index is 0. The first-order chi connectivity index (χ1) is 11.5. The van der Waals surface area contributed by atoms with Gasteiger partial charge in [-0.15, -0.1) is 12.4 Å². The highest BCUT2D eigenvalue weighted by Gasteiger charge is 2.28. The molecule has 1 aromatic carbocycles. The Morgan fingerprint density at radius 2 is 1.84 bits per heavy atom. The molecule has 1 unspecified atom stereocenters. The first kappa shape index (κ1) is 21.4. The molecular formula is C18H27ClFN3O2. The van der Waals surface area contributed by atoms with E-state index in [9.17, 15) is 14.0 Å². The predicted molar refractivity (Wildman–Crippen MR) is 97.9 cm³/mol. The van der Waals surface area contributed by atoms with Crippen LogP contribution in [0, 0.1) is 17.7 Å². The maximum absolute atomic E-state index is 12.9. The summed E-state index contributed by atoms with van der Waals surface area (Å²) in [6.07, 6.45) is 1.38. The molecule has 1 fully saturated rings. The molecule has 1 aliphatic rings. The average Bonchev–Trinajstić information content (AvgIpc) is 2.60. The average molecular weight is 372 g/mol. The van der Waals surface area contributed by atoms with Crippen LogP contribution in [0.3, 0.4) is 0 Å². The van der Waals surface area contributed by atoms with Crippen LogP contribution < -0.4 is 10.6 Å². The molecule has 1 heterocycles. The number of hydrogen-bond acceptors (Lipinski definition) is 3. The highest BCUT2D eigenvalue weighted by molar-refractivity contribution is 5.85. The maximum atomic E-state index is 12.9. The number of piperidine rings is 1. The third-order valence-electron chi connectivity index (χ3n) is 4.49. The summed E-state index contributed by atoms with van der Waals surface area (Å²) in [5.74, 6) is -0.230. The van der Waals surface area contributed by atoms with Crippen LogP contribution in [0.1, 0.15) is 25.3 Å². The maximum Gasteiger partial charge on any atom is 0.226 e. The fraction of sp³-hybridized carbons (Fsp3) is 0.556. The number of halogens is 2. The lowest BCUT2D eigenvalue weighted by Gasteiger charge is -2.33. The quantitative estimate of drug-likeness (QED) is 0.803. The first-order valence-corrected chi connectivity index (χ1v) is 8.46. The molecule has 0 radical (unpaired) electrons. The van der Waals surface area contributed by atoms with Crippen LogP contribution in [0.2, 0.25) is 0 Å². The van der Waals surface area contributed by atoms with Crippen LogP contribution in [-0.2, 0) is 16.1 Å². The summed E-state index contributed by atoms with van der Waals surface area (Å²) in [5.41, 5.74) is 0.873. The molecule has 2 N–H and O–H groups in total. The molecule has 2 rings (SSSR count). The van der Waals surface area contributed by atoms with Gasteiger partial charge < -0.3 is 15.5 Å². The van der Waals surface area contributed by atoms with Crippen LogP contribution >= 0.6 is 12.4 Å². The van der Waals surface area contributed by atoms with Gasteiger partial charge in [-0.05, 0) is 37.6 Å². The van der Waals surface area contributed by atoms with E-state index in [0.29, 0.717) is 39.0 Å². The Morgan fingerprint density at radius 1 is 1.24 bits per heavy atom. The standard InChI is InChI=1S/C18H26FN3O2.ClH/c1-13(11-20-2)18(24)22-9-7-15(8-10-22)17(23)21-12-14-3-5-16(19)6-4-14;/h3-6,13,15,20H,7-12H2,1-2H3,(H,21,23);1H. The van der Waals surface area contributed by atoms with Gasteiger partial charge >= 0.3 is 0 Å². The minimum atomic E-state index is -0.283. The van der Waals surface area contributed by atoms with Gasteiger partial charge in [-0.2, -0.15) is 0 Å². The van der Waals surface area contributed by atoms with Gasteiger partial charge in [0.05, 0.1) is 0 Å². The van der Waals surface area contributed by atoms with Crippen LogP contribution in [0.25, 0.3) is 0 Å². The topological polar surface area (TPSA) is 61.4 Å². The zero-order chi connectivity index (χ0) is 17.5. The number of benzene rings is 1. The Hall–Kier alpha value is -1.66. The van der Waals surface area contributed by atoms with E-state index in [-0.39, 0.29) is 41.9 Å². The molecule has 1 aromatic rings. The lowest BCUT2D eigenvalue weighted by molar-refractivity contribution is -0.138. The van der Waals surface area contributed by atoms with E-state index in [1.807, 2.05) is 18.9 Å². The molecule has 0 spiro atoms. The van der Waals surface area contributed by atoms with Gasteiger partial charge in [0.2, 0.25) is 11.8 Å². The lowest BCUT2D eigenvalue weighted by Crippen LogP contribution is -2.45. The first-order valence-electron chi connectivity index (χ1n) is 8.46. The third kappa shape index (κ3) is 6.29. The van der Waals surface area contributed by atoms with Gasteiger partial charge in [0.15, 0.2) is 0 Å². The van der Waals surface area contributed by atoms with Crippen molar-refractivity contribution >= 4 is 24.2 Å². The van der Waals surface area contributed by atoms with Gasteiger partial charge in [-0.3, -0.25) is 9.59 Å². The molecule has 1 aliphatic heterocycles. The number of rotatable bonds is 6. The van der Waals surface area contributed by atoms with Crippen molar-refractivity contribution < 1.29 is 14.0 Å². The Balaban J connectivity index is 0.00000312. The van der Waals surface area contributed by atoms with Crippen molar-refractivity contribution in [2.24, 2.45) is 11.8 Å². The lowest BCUT2D eigenvalue weighted by atomic mass is 9.95. The number of carbonyl (C=O) groups is 2. The predicted octanol–water partition coefficient (Wildman–Crippen LogP) is 1.96. The van der Waals surface area contributed by atoms with E-state index in [0.717, 1.165) is 5.56 Å². The second-order valence-corrected chi connectivity index (χ2v) is 6.40. The van der Waals surface area contributed by atoms with E-state index < -0.39 is 0 Å². The fourth-order valence-electron chi connectivity index (χ4n) is 3.00. The second-order valence-electron chi connectivity index (χ2n) is 6.40. The summed E-state index contributed by atoms with van der Waals surface area (Å²) in [5, 5.41) is 5.92. The van der Waals surface area contributed by atoms with Gasteiger partial charge in [0.1, 0.15) is 5.82 Å². The third-order valence-corrected chi connectivity index (χ3v) is 4.49. The minimum Gasteiger partial charge on any atom is -0.352 e. The summed E-state index contributed by atoms with van der Waals surface area (Å²) in [4.78, 5) is 26.4. The Bertz CT molecular complexity index is 560. The van der Waals surface area contributed by atoms with Crippen molar-refractivity contribution in [3.05, 3.63) is 35.6 Å². The van der Waals surface area contributed by atoms with E-state index in [1.54, 1.807) is 12.1 Å². The van der Waals surface area contributed by atoms with Crippen LogP contribution in [0.15, 0.2) is 24.3 Å². The van der Waals surface area contributed by atoms with Crippen molar-refractivity contribution in [3.8, 4) is 0 Å². The molecule has 140 valence electrons. The molecule has 1 saturated heterocycles. The largest absolute Gasteiger partial charge is 0.352 e. The van der Waals surface area contributed by atoms with Crippen LogP contribution in [0.4, 0.5) is 4.39 Å². The molecule has 0 saturated carbocycles. The Kier molecular flexibility index (Phi) is 8.86. The SMILES string of the molecule is CNCC(C)C(=O)N1CCC(C(=O)NCc2ccc(F)cc2)CC1.Cl. The molecular weight excluding hydrogens is 345 g/mol. The Labute approximate surface area is 154 Å². The number of likely N-dealkylation sites (tertiary alicyclic amines) is 1. The molecule has 7 heteroatoms. The molecule has 0 aliphatic carbocycles. The number of hydrogen-bond donors (Lipinski definition) is 2. The van der Waals surface area contributed by atoms with E-state index in [1.165, 1.54) is 12.1 Å². The molecule has 25 heavy (non-hydrogen) atoms. The van der Waals surface area contributed by atoms with E-state index >= 15 is 0 Å². The van der Waals surface area contributed by atoms with Crippen molar-refractivity contribution in [3.63, 3.8) is 0 Å².